The predicted octanol–water partition coefficient (Wildman–Crippen LogP) is 5.24. The van der Waals surface area contributed by atoms with Crippen molar-refractivity contribution in [2.24, 2.45) is 0 Å². The van der Waals surface area contributed by atoms with E-state index in [0.717, 1.165) is 16.4 Å². The number of benzene rings is 2. The maximum atomic E-state index is 12.2. The monoisotopic (exact) mass is 350 g/mol. The molecule has 1 aromatic heterocycles. The lowest BCUT2D eigenvalue weighted by Gasteiger charge is -2.03. The summed E-state index contributed by atoms with van der Waals surface area (Å²) in [5.41, 5.74) is 0.509. The number of thiophene rings is 1. The number of rotatable bonds is 3. The molecule has 0 aliphatic carbocycles. The highest BCUT2D eigenvalue weighted by Gasteiger charge is 2.19. The fraction of sp³-hybridized carbons (Fsp3) is 0. The lowest BCUT2D eigenvalue weighted by molar-refractivity contribution is 0.0740. The molecule has 0 radical (unpaired) electrons. The van der Waals surface area contributed by atoms with E-state index in [2.05, 4.69) is 0 Å². The lowest BCUT2D eigenvalue weighted by Crippen LogP contribution is -2.06. The third kappa shape index (κ3) is 2.86. The maximum absolute atomic E-state index is 12.2. The number of ether oxygens (including phenoxy) is 1. The van der Waals surface area contributed by atoms with Crippen LogP contribution in [-0.2, 0) is 0 Å². The first kappa shape index (κ1) is 15.0. The standard InChI is InChI=1S/C16H8Cl2O3S/c17-10-3-6-12-13(7-10)22-15(14(12)18)16(20)21-11-4-1-9(8-19)2-5-11/h1-8H. The number of halogens is 2. The van der Waals surface area contributed by atoms with Crippen molar-refractivity contribution in [2.45, 2.75) is 0 Å². The van der Waals surface area contributed by atoms with E-state index in [-0.39, 0.29) is 0 Å². The molecule has 110 valence electrons. The summed E-state index contributed by atoms with van der Waals surface area (Å²) in [6, 6.07) is 11.5. The number of fused-ring (bicyclic) bond motifs is 1. The van der Waals surface area contributed by atoms with Gasteiger partial charge in [0.05, 0.1) is 5.02 Å². The molecule has 0 bridgehead atoms. The smallest absolute Gasteiger partial charge is 0.355 e. The summed E-state index contributed by atoms with van der Waals surface area (Å²) in [6.07, 6.45) is 0.720. The predicted molar refractivity (Wildman–Crippen MR) is 88.6 cm³/mol. The molecule has 0 amide bonds. The summed E-state index contributed by atoms with van der Waals surface area (Å²) < 4.78 is 6.10. The van der Waals surface area contributed by atoms with Crippen molar-refractivity contribution >= 4 is 56.9 Å². The zero-order valence-electron chi connectivity index (χ0n) is 11.0. The van der Waals surface area contributed by atoms with E-state index in [1.54, 1.807) is 42.5 Å². The molecule has 3 rings (SSSR count). The van der Waals surface area contributed by atoms with Crippen LogP contribution in [0.5, 0.6) is 5.75 Å². The summed E-state index contributed by atoms with van der Waals surface area (Å²) in [4.78, 5) is 23.2. The first-order chi connectivity index (χ1) is 10.6. The average Bonchev–Trinajstić information content (AvgIpc) is 2.84. The second-order valence-corrected chi connectivity index (χ2v) is 6.33. The summed E-state index contributed by atoms with van der Waals surface area (Å²) in [6.45, 7) is 0. The maximum Gasteiger partial charge on any atom is 0.355 e. The zero-order valence-corrected chi connectivity index (χ0v) is 13.3. The van der Waals surface area contributed by atoms with Crippen LogP contribution in [0.1, 0.15) is 20.0 Å². The number of carbonyl (C=O) groups is 2. The van der Waals surface area contributed by atoms with Crippen LogP contribution < -0.4 is 4.74 Å². The van der Waals surface area contributed by atoms with Gasteiger partial charge in [0.2, 0.25) is 0 Å². The molecule has 0 aliphatic rings. The molecular weight excluding hydrogens is 343 g/mol. The Balaban J connectivity index is 1.91. The fourth-order valence-corrected chi connectivity index (χ4v) is 3.60. The Labute approximate surface area is 140 Å². The Morgan fingerprint density at radius 1 is 1.09 bits per heavy atom. The largest absolute Gasteiger partial charge is 0.422 e. The van der Waals surface area contributed by atoms with Crippen LogP contribution in [0.15, 0.2) is 42.5 Å². The molecule has 2 aromatic carbocycles. The average molecular weight is 351 g/mol. The molecular formula is C16H8Cl2O3S. The van der Waals surface area contributed by atoms with Crippen LogP contribution >= 0.6 is 34.5 Å². The van der Waals surface area contributed by atoms with Crippen LogP contribution in [0.2, 0.25) is 10.0 Å². The van der Waals surface area contributed by atoms with E-state index in [0.29, 0.717) is 26.2 Å². The van der Waals surface area contributed by atoms with Gasteiger partial charge >= 0.3 is 5.97 Å². The Hall–Kier alpha value is -1.88. The number of hydrogen-bond acceptors (Lipinski definition) is 4. The van der Waals surface area contributed by atoms with Gasteiger partial charge in [-0.1, -0.05) is 29.3 Å². The van der Waals surface area contributed by atoms with Crippen molar-refractivity contribution < 1.29 is 14.3 Å². The normalized spacial score (nSPS) is 10.6. The van der Waals surface area contributed by atoms with Crippen LogP contribution in [0, 0.1) is 0 Å². The molecule has 0 spiro atoms. The Morgan fingerprint density at radius 2 is 1.82 bits per heavy atom. The Morgan fingerprint density at radius 3 is 2.50 bits per heavy atom. The first-order valence-corrected chi connectivity index (χ1v) is 7.80. The molecule has 0 N–H and O–H groups in total. The minimum absolute atomic E-state index is 0.318. The quantitative estimate of drug-likeness (QED) is 0.368. The van der Waals surface area contributed by atoms with Crippen molar-refractivity contribution in [3.63, 3.8) is 0 Å². The van der Waals surface area contributed by atoms with E-state index in [1.165, 1.54) is 11.3 Å². The molecule has 0 aliphatic heterocycles. The van der Waals surface area contributed by atoms with E-state index < -0.39 is 5.97 Å². The summed E-state index contributed by atoms with van der Waals surface area (Å²) in [5, 5.41) is 1.69. The molecule has 3 aromatic rings. The van der Waals surface area contributed by atoms with Gasteiger partial charge in [-0.15, -0.1) is 11.3 Å². The van der Waals surface area contributed by atoms with Crippen molar-refractivity contribution in [3.8, 4) is 5.75 Å². The van der Waals surface area contributed by atoms with E-state index in [1.807, 2.05) is 0 Å². The van der Waals surface area contributed by atoms with Crippen LogP contribution in [-0.4, -0.2) is 12.3 Å². The highest BCUT2D eigenvalue weighted by Crippen LogP contribution is 2.37. The third-order valence-electron chi connectivity index (χ3n) is 3.00. The fourth-order valence-electron chi connectivity index (χ4n) is 1.94. The van der Waals surface area contributed by atoms with Gasteiger partial charge in [0, 0.05) is 20.7 Å². The lowest BCUT2D eigenvalue weighted by atomic mass is 10.2. The van der Waals surface area contributed by atoms with Gasteiger partial charge in [-0.05, 0) is 36.4 Å². The summed E-state index contributed by atoms with van der Waals surface area (Å²) in [7, 11) is 0. The van der Waals surface area contributed by atoms with Gasteiger partial charge < -0.3 is 4.74 Å². The van der Waals surface area contributed by atoms with Gasteiger partial charge in [0.25, 0.3) is 0 Å². The molecule has 0 saturated carbocycles. The molecule has 22 heavy (non-hydrogen) atoms. The molecule has 0 saturated heterocycles. The molecule has 0 fully saturated rings. The summed E-state index contributed by atoms with van der Waals surface area (Å²) in [5.74, 6) is -0.191. The highest BCUT2D eigenvalue weighted by molar-refractivity contribution is 7.21. The number of hydrogen-bond donors (Lipinski definition) is 0. The number of aldehydes is 1. The topological polar surface area (TPSA) is 43.4 Å². The molecule has 1 heterocycles. The number of carbonyl (C=O) groups excluding carboxylic acids is 2. The number of esters is 1. The van der Waals surface area contributed by atoms with E-state index >= 15 is 0 Å². The molecule has 0 unspecified atom stereocenters. The Kier molecular flexibility index (Phi) is 4.16. The van der Waals surface area contributed by atoms with Crippen LogP contribution in [0.25, 0.3) is 10.1 Å². The second-order valence-electron chi connectivity index (χ2n) is 4.46. The van der Waals surface area contributed by atoms with Crippen molar-refractivity contribution in [3.05, 3.63) is 63.0 Å². The first-order valence-electron chi connectivity index (χ1n) is 6.23. The van der Waals surface area contributed by atoms with Gasteiger partial charge in [0.1, 0.15) is 16.9 Å². The molecule has 3 nitrogen and oxygen atoms in total. The third-order valence-corrected chi connectivity index (χ3v) is 4.88. The van der Waals surface area contributed by atoms with E-state index in [4.69, 9.17) is 27.9 Å². The minimum Gasteiger partial charge on any atom is -0.422 e. The zero-order chi connectivity index (χ0) is 15.7. The van der Waals surface area contributed by atoms with Gasteiger partial charge in [-0.25, -0.2) is 4.79 Å². The van der Waals surface area contributed by atoms with Gasteiger partial charge in [0.15, 0.2) is 0 Å². The van der Waals surface area contributed by atoms with Crippen LogP contribution in [0.3, 0.4) is 0 Å². The molecule has 6 heteroatoms. The Bertz CT molecular complexity index is 869. The van der Waals surface area contributed by atoms with Gasteiger partial charge in [-0.2, -0.15) is 0 Å². The SMILES string of the molecule is O=Cc1ccc(OC(=O)c2sc3cc(Cl)ccc3c2Cl)cc1. The second kappa shape index (κ2) is 6.08. The van der Waals surface area contributed by atoms with Crippen molar-refractivity contribution in [1.29, 1.82) is 0 Å². The van der Waals surface area contributed by atoms with Crippen LogP contribution in [0.4, 0.5) is 0 Å². The van der Waals surface area contributed by atoms with Crippen molar-refractivity contribution in [1.82, 2.24) is 0 Å². The summed E-state index contributed by atoms with van der Waals surface area (Å²) >= 11 is 13.4. The van der Waals surface area contributed by atoms with Crippen molar-refractivity contribution in [2.75, 3.05) is 0 Å². The molecule has 0 atom stereocenters. The van der Waals surface area contributed by atoms with Gasteiger partial charge in [-0.3, -0.25) is 4.79 Å². The minimum atomic E-state index is -0.541. The highest BCUT2D eigenvalue weighted by atomic mass is 35.5. The van der Waals surface area contributed by atoms with E-state index in [9.17, 15) is 9.59 Å².